The summed E-state index contributed by atoms with van der Waals surface area (Å²) in [6.45, 7) is 5.69. The monoisotopic (exact) mass is 433 g/mol. The van der Waals surface area contributed by atoms with Crippen molar-refractivity contribution in [1.82, 2.24) is 14.3 Å². The largest absolute Gasteiger partial charge is 0.432 e. The van der Waals surface area contributed by atoms with Gasteiger partial charge in [-0.3, -0.25) is 9.48 Å². The predicted octanol–water partition coefficient (Wildman–Crippen LogP) is 4.09. The second kappa shape index (κ2) is 7.72. The van der Waals surface area contributed by atoms with Crippen LogP contribution in [0.2, 0.25) is 0 Å². The van der Waals surface area contributed by atoms with Gasteiger partial charge in [0.15, 0.2) is 17.5 Å². The summed E-state index contributed by atoms with van der Waals surface area (Å²) in [5, 5.41) is 15.5. The number of nitrogens with zero attached hydrogens (tertiary/aromatic N) is 3. The van der Waals surface area contributed by atoms with Crippen LogP contribution in [0, 0.1) is 5.41 Å². The molecule has 1 aliphatic rings. The second-order valence-electron chi connectivity index (χ2n) is 8.64. The SMILES string of the molecule is CCOC(O)c1cn2c(cc1=O)-c1c3cccc(OC(F)F)c3nn1CC2C(C)(C)C. The molecule has 3 heterocycles. The zero-order chi connectivity index (χ0) is 22.5. The maximum absolute atomic E-state index is 12.9. The number of pyridine rings is 1. The summed E-state index contributed by atoms with van der Waals surface area (Å²) in [5.41, 5.74) is 1.10. The molecule has 0 spiro atoms. The molecule has 0 aliphatic carbocycles. The topological polar surface area (TPSA) is 78.5 Å². The molecule has 3 aromatic rings. The zero-order valence-corrected chi connectivity index (χ0v) is 17.8. The van der Waals surface area contributed by atoms with E-state index in [2.05, 4.69) is 30.6 Å². The maximum atomic E-state index is 12.9. The first kappa shape index (κ1) is 21.5. The van der Waals surface area contributed by atoms with Gasteiger partial charge in [-0.2, -0.15) is 13.9 Å². The third-order valence-electron chi connectivity index (χ3n) is 5.57. The number of aromatic nitrogens is 3. The molecule has 2 aromatic heterocycles. The number of fused-ring (bicyclic) bond motifs is 5. The van der Waals surface area contributed by atoms with Gasteiger partial charge in [0.1, 0.15) is 5.52 Å². The van der Waals surface area contributed by atoms with Gasteiger partial charge in [0, 0.05) is 24.3 Å². The Hall–Kier alpha value is -2.78. The van der Waals surface area contributed by atoms with Crippen LogP contribution in [-0.4, -0.2) is 32.7 Å². The Morgan fingerprint density at radius 2 is 2.06 bits per heavy atom. The third kappa shape index (κ3) is 3.72. The molecule has 0 saturated heterocycles. The van der Waals surface area contributed by atoms with Crippen LogP contribution in [0.4, 0.5) is 8.78 Å². The lowest BCUT2D eigenvalue weighted by Gasteiger charge is -2.38. The highest BCUT2D eigenvalue weighted by molar-refractivity contribution is 5.96. The Bertz CT molecular complexity index is 1180. The fraction of sp³-hybridized carbons (Fsp3) is 0.455. The van der Waals surface area contributed by atoms with Gasteiger partial charge in [-0.25, -0.2) is 0 Å². The lowest BCUT2D eigenvalue weighted by atomic mass is 9.85. The lowest BCUT2D eigenvalue weighted by Crippen LogP contribution is -2.35. The molecule has 0 amide bonds. The third-order valence-corrected chi connectivity index (χ3v) is 5.57. The Labute approximate surface area is 177 Å². The summed E-state index contributed by atoms with van der Waals surface area (Å²) in [7, 11) is 0. The highest BCUT2D eigenvalue weighted by Crippen LogP contribution is 2.43. The van der Waals surface area contributed by atoms with E-state index in [1.807, 2.05) is 4.57 Å². The number of aliphatic hydroxyl groups excluding tert-OH is 1. The van der Waals surface area contributed by atoms with E-state index in [-0.39, 0.29) is 34.8 Å². The summed E-state index contributed by atoms with van der Waals surface area (Å²) in [4.78, 5) is 12.8. The number of alkyl halides is 2. The van der Waals surface area contributed by atoms with Crippen molar-refractivity contribution in [3.8, 4) is 17.1 Å². The van der Waals surface area contributed by atoms with E-state index in [0.29, 0.717) is 28.8 Å². The molecule has 2 atom stereocenters. The van der Waals surface area contributed by atoms with E-state index in [1.54, 1.807) is 29.9 Å². The average molecular weight is 433 g/mol. The molecule has 0 saturated carbocycles. The van der Waals surface area contributed by atoms with Gasteiger partial charge in [-0.05, 0) is 18.4 Å². The predicted molar refractivity (Wildman–Crippen MR) is 111 cm³/mol. The van der Waals surface area contributed by atoms with Crippen LogP contribution in [0.1, 0.15) is 45.6 Å². The van der Waals surface area contributed by atoms with E-state index in [0.717, 1.165) is 0 Å². The fourth-order valence-electron chi connectivity index (χ4n) is 4.11. The Balaban J connectivity index is 1.98. The highest BCUT2D eigenvalue weighted by atomic mass is 19.3. The smallest absolute Gasteiger partial charge is 0.387 e. The van der Waals surface area contributed by atoms with E-state index in [1.165, 1.54) is 12.1 Å². The van der Waals surface area contributed by atoms with Crippen molar-refractivity contribution in [2.45, 2.75) is 53.2 Å². The quantitative estimate of drug-likeness (QED) is 0.613. The second-order valence-corrected chi connectivity index (χ2v) is 8.64. The minimum atomic E-state index is -2.97. The Kier molecular flexibility index (Phi) is 5.35. The van der Waals surface area contributed by atoms with Crippen LogP contribution in [0.15, 0.2) is 35.3 Å². The summed E-state index contributed by atoms with van der Waals surface area (Å²) in [6, 6.07) is 6.17. The molecule has 166 valence electrons. The summed E-state index contributed by atoms with van der Waals surface area (Å²) >= 11 is 0. The van der Waals surface area contributed by atoms with Crippen LogP contribution >= 0.6 is 0 Å². The fourth-order valence-corrected chi connectivity index (χ4v) is 4.11. The Morgan fingerprint density at radius 3 is 2.71 bits per heavy atom. The highest BCUT2D eigenvalue weighted by Gasteiger charge is 2.35. The van der Waals surface area contributed by atoms with E-state index >= 15 is 0 Å². The molecule has 0 bridgehead atoms. The van der Waals surface area contributed by atoms with Crippen LogP contribution in [-0.2, 0) is 11.3 Å². The molecule has 0 fully saturated rings. The summed E-state index contributed by atoms with van der Waals surface area (Å²) in [5.74, 6) is -0.0148. The van der Waals surface area contributed by atoms with Crippen molar-refractivity contribution in [1.29, 1.82) is 0 Å². The van der Waals surface area contributed by atoms with Crippen molar-refractivity contribution in [2.75, 3.05) is 6.61 Å². The molecule has 31 heavy (non-hydrogen) atoms. The first-order valence-electron chi connectivity index (χ1n) is 10.1. The lowest BCUT2D eigenvalue weighted by molar-refractivity contribution is -0.0990. The van der Waals surface area contributed by atoms with Gasteiger partial charge in [-0.15, -0.1) is 0 Å². The first-order valence-corrected chi connectivity index (χ1v) is 10.1. The molecule has 0 radical (unpaired) electrons. The molecular formula is C22H25F2N3O4. The minimum absolute atomic E-state index is 0.0148. The standard InChI is InChI=1S/C22H25F2N3O4/c1-5-30-20(29)13-10-26-14(9-15(13)28)19-12-7-6-8-16(31-21(23)24)18(12)25-27(19)11-17(26)22(2,3)4/h6-10,17,20-21,29H,5,11H2,1-4H3. The number of benzene rings is 1. The number of rotatable bonds is 5. The zero-order valence-electron chi connectivity index (χ0n) is 17.8. The Morgan fingerprint density at radius 1 is 1.32 bits per heavy atom. The molecule has 9 heteroatoms. The van der Waals surface area contributed by atoms with Crippen molar-refractivity contribution in [3.63, 3.8) is 0 Å². The summed E-state index contributed by atoms with van der Waals surface area (Å²) < 4.78 is 39.4. The van der Waals surface area contributed by atoms with Crippen LogP contribution in [0.3, 0.4) is 0 Å². The minimum Gasteiger partial charge on any atom is -0.432 e. The molecule has 2 unspecified atom stereocenters. The maximum Gasteiger partial charge on any atom is 0.387 e. The molecule has 7 nitrogen and oxygen atoms in total. The number of aliphatic hydroxyl groups is 1. The number of hydrogen-bond donors (Lipinski definition) is 1. The van der Waals surface area contributed by atoms with Crippen molar-refractivity contribution in [2.24, 2.45) is 5.41 Å². The van der Waals surface area contributed by atoms with Crippen molar-refractivity contribution < 1.29 is 23.4 Å². The molecular weight excluding hydrogens is 408 g/mol. The average Bonchev–Trinajstić information content (AvgIpc) is 3.06. The molecule has 1 N–H and O–H groups in total. The van der Waals surface area contributed by atoms with Gasteiger partial charge in [0.05, 0.1) is 29.5 Å². The first-order chi connectivity index (χ1) is 14.6. The van der Waals surface area contributed by atoms with Crippen LogP contribution in [0.25, 0.3) is 22.3 Å². The summed E-state index contributed by atoms with van der Waals surface area (Å²) in [6.07, 6.45) is 0.306. The molecule has 1 aromatic carbocycles. The van der Waals surface area contributed by atoms with Crippen LogP contribution in [0.5, 0.6) is 5.75 Å². The number of halogens is 2. The van der Waals surface area contributed by atoms with E-state index < -0.39 is 12.9 Å². The van der Waals surface area contributed by atoms with E-state index in [4.69, 9.17) is 4.74 Å². The van der Waals surface area contributed by atoms with Gasteiger partial charge in [0.2, 0.25) is 0 Å². The van der Waals surface area contributed by atoms with Crippen molar-refractivity contribution >= 4 is 10.9 Å². The molecule has 1 aliphatic heterocycles. The number of ether oxygens (including phenoxy) is 2. The molecule has 4 rings (SSSR count). The number of hydrogen-bond acceptors (Lipinski definition) is 5. The van der Waals surface area contributed by atoms with Gasteiger partial charge >= 0.3 is 6.61 Å². The van der Waals surface area contributed by atoms with Gasteiger partial charge < -0.3 is 19.1 Å². The van der Waals surface area contributed by atoms with Crippen LogP contribution < -0.4 is 10.2 Å². The normalized spacial score (nSPS) is 17.0. The van der Waals surface area contributed by atoms with Gasteiger partial charge in [-0.1, -0.05) is 32.9 Å². The van der Waals surface area contributed by atoms with Crippen molar-refractivity contribution in [3.05, 3.63) is 46.2 Å². The van der Waals surface area contributed by atoms with E-state index in [9.17, 15) is 18.7 Å². The van der Waals surface area contributed by atoms with Gasteiger partial charge in [0.25, 0.3) is 0 Å².